The number of rotatable bonds is 13. The van der Waals surface area contributed by atoms with Crippen molar-refractivity contribution in [3.63, 3.8) is 0 Å². The standard InChI is InChI=1S/C19H31N7O7/c1-8(2)14(21)18(31)25-12(5-13(20)28)16(29)24-11(4-10-6-22-7-23-10)17(30)26-15(9(3)27)19(32)33/h6-9,11-12,14-15,27H,4-5,21H2,1-3H3,(H2,20,28)(H,22,23)(H,24,29)(H,25,31)(H,26,30)(H,32,33). The summed E-state index contributed by atoms with van der Waals surface area (Å²) in [6.45, 7) is 4.57. The lowest BCUT2D eigenvalue weighted by atomic mass is 10.0. The molecule has 0 bridgehead atoms. The van der Waals surface area contributed by atoms with Gasteiger partial charge in [-0.25, -0.2) is 9.78 Å². The Morgan fingerprint density at radius 1 is 1.03 bits per heavy atom. The molecule has 14 heteroatoms. The second-order valence-corrected chi connectivity index (χ2v) is 7.91. The molecule has 1 aromatic rings. The van der Waals surface area contributed by atoms with Crippen LogP contribution in [0.4, 0.5) is 0 Å². The van der Waals surface area contributed by atoms with Crippen LogP contribution in [0.1, 0.15) is 32.9 Å². The maximum atomic E-state index is 12.9. The summed E-state index contributed by atoms with van der Waals surface area (Å²) in [6, 6.07) is -5.36. The number of aromatic nitrogens is 2. The Morgan fingerprint density at radius 2 is 1.61 bits per heavy atom. The smallest absolute Gasteiger partial charge is 0.328 e. The van der Waals surface area contributed by atoms with Gasteiger partial charge < -0.3 is 42.6 Å². The van der Waals surface area contributed by atoms with Gasteiger partial charge in [0.05, 0.1) is 24.9 Å². The van der Waals surface area contributed by atoms with Crippen LogP contribution in [-0.4, -0.2) is 80.1 Å². The van der Waals surface area contributed by atoms with Gasteiger partial charge in [0.2, 0.25) is 23.6 Å². The molecule has 4 amide bonds. The van der Waals surface area contributed by atoms with Gasteiger partial charge >= 0.3 is 5.97 Å². The summed E-state index contributed by atoms with van der Waals surface area (Å²) >= 11 is 0. The Bertz CT molecular complexity index is 842. The topological polar surface area (TPSA) is 243 Å². The van der Waals surface area contributed by atoms with Crippen LogP contribution in [0.3, 0.4) is 0 Å². The van der Waals surface area contributed by atoms with E-state index in [-0.39, 0.29) is 12.3 Å². The highest BCUT2D eigenvalue weighted by Crippen LogP contribution is 2.05. The van der Waals surface area contributed by atoms with Gasteiger partial charge in [-0.3, -0.25) is 19.2 Å². The van der Waals surface area contributed by atoms with Crippen LogP contribution in [0.2, 0.25) is 0 Å². The highest BCUT2D eigenvalue weighted by Gasteiger charge is 2.33. The maximum absolute atomic E-state index is 12.9. The summed E-state index contributed by atoms with van der Waals surface area (Å²) in [7, 11) is 0. The van der Waals surface area contributed by atoms with E-state index in [0.717, 1.165) is 0 Å². The summed E-state index contributed by atoms with van der Waals surface area (Å²) in [6.07, 6.45) is 0.610. The van der Waals surface area contributed by atoms with Crippen LogP contribution in [0, 0.1) is 5.92 Å². The number of aliphatic hydroxyl groups excluding tert-OH is 1. The molecule has 5 unspecified atom stereocenters. The molecule has 0 aromatic carbocycles. The molecule has 14 nitrogen and oxygen atoms in total. The minimum absolute atomic E-state index is 0.132. The molecule has 10 N–H and O–H groups in total. The van der Waals surface area contributed by atoms with Crippen molar-refractivity contribution >= 4 is 29.6 Å². The molecule has 0 saturated carbocycles. The molecule has 0 saturated heterocycles. The Hall–Kier alpha value is -3.52. The van der Waals surface area contributed by atoms with Gasteiger partial charge in [0, 0.05) is 18.3 Å². The second kappa shape index (κ2) is 12.5. The fraction of sp³-hybridized carbons (Fsp3) is 0.579. The monoisotopic (exact) mass is 469 g/mol. The molecule has 33 heavy (non-hydrogen) atoms. The number of primary amides is 1. The van der Waals surface area contributed by atoms with E-state index in [1.165, 1.54) is 19.4 Å². The van der Waals surface area contributed by atoms with Crippen molar-refractivity contribution in [2.24, 2.45) is 17.4 Å². The van der Waals surface area contributed by atoms with Gasteiger partial charge in [-0.1, -0.05) is 13.8 Å². The number of carboxylic acid groups (broad SMARTS) is 1. The number of hydrogen-bond acceptors (Lipinski definition) is 8. The summed E-state index contributed by atoms with van der Waals surface area (Å²) < 4.78 is 0. The molecular weight excluding hydrogens is 438 g/mol. The van der Waals surface area contributed by atoms with Crippen molar-refractivity contribution in [3.05, 3.63) is 18.2 Å². The number of aliphatic hydroxyl groups is 1. The normalized spacial score (nSPS) is 15.6. The first kappa shape index (κ1) is 27.5. The number of nitrogens with one attached hydrogen (secondary N) is 4. The third-order valence-corrected chi connectivity index (χ3v) is 4.72. The molecule has 0 aliphatic heterocycles. The van der Waals surface area contributed by atoms with Crippen molar-refractivity contribution in [2.45, 2.75) is 63.9 Å². The summed E-state index contributed by atoms with van der Waals surface area (Å²) in [5.41, 5.74) is 11.4. The molecule has 1 rings (SSSR count). The number of nitrogens with two attached hydrogens (primary N) is 2. The predicted molar refractivity (Wildman–Crippen MR) is 114 cm³/mol. The number of aromatic amines is 1. The quantitative estimate of drug-likeness (QED) is 0.144. The van der Waals surface area contributed by atoms with Crippen LogP contribution in [0.5, 0.6) is 0 Å². The number of H-pyrrole nitrogens is 1. The molecule has 0 aliphatic rings. The van der Waals surface area contributed by atoms with Gasteiger partial charge in [0.1, 0.15) is 12.1 Å². The number of aliphatic carboxylic acids is 1. The Morgan fingerprint density at radius 3 is 2.06 bits per heavy atom. The Balaban J connectivity index is 3.09. The molecule has 0 spiro atoms. The van der Waals surface area contributed by atoms with Gasteiger partial charge in [-0.2, -0.15) is 0 Å². The second-order valence-electron chi connectivity index (χ2n) is 7.91. The van der Waals surface area contributed by atoms with Crippen molar-refractivity contribution < 1.29 is 34.2 Å². The highest BCUT2D eigenvalue weighted by molar-refractivity contribution is 5.96. The number of amides is 4. The third-order valence-electron chi connectivity index (χ3n) is 4.72. The predicted octanol–water partition coefficient (Wildman–Crippen LogP) is -3.27. The molecule has 184 valence electrons. The molecule has 1 aromatic heterocycles. The first-order valence-corrected chi connectivity index (χ1v) is 10.2. The van der Waals surface area contributed by atoms with Gasteiger partial charge in [0.15, 0.2) is 6.04 Å². The fourth-order valence-electron chi connectivity index (χ4n) is 2.72. The fourth-order valence-corrected chi connectivity index (χ4v) is 2.72. The number of carboxylic acids is 1. The van der Waals surface area contributed by atoms with Crippen LogP contribution in [0.25, 0.3) is 0 Å². The number of imidazole rings is 1. The van der Waals surface area contributed by atoms with Crippen LogP contribution < -0.4 is 27.4 Å². The largest absolute Gasteiger partial charge is 0.480 e. The van der Waals surface area contributed by atoms with Crippen LogP contribution >= 0.6 is 0 Å². The number of hydrogen-bond donors (Lipinski definition) is 8. The van der Waals surface area contributed by atoms with Crippen LogP contribution in [-0.2, 0) is 30.4 Å². The van der Waals surface area contributed by atoms with Crippen molar-refractivity contribution in [3.8, 4) is 0 Å². The minimum Gasteiger partial charge on any atom is -0.480 e. The lowest BCUT2D eigenvalue weighted by molar-refractivity contribution is -0.145. The molecule has 0 fully saturated rings. The van der Waals surface area contributed by atoms with E-state index < -0.39 is 66.3 Å². The molecule has 5 atom stereocenters. The maximum Gasteiger partial charge on any atom is 0.328 e. The van der Waals surface area contributed by atoms with E-state index in [9.17, 15) is 34.2 Å². The van der Waals surface area contributed by atoms with Gasteiger partial charge in [0.25, 0.3) is 0 Å². The van der Waals surface area contributed by atoms with E-state index in [4.69, 9.17) is 11.5 Å². The van der Waals surface area contributed by atoms with E-state index in [1.807, 2.05) is 0 Å². The molecule has 0 aliphatic carbocycles. The van der Waals surface area contributed by atoms with Crippen molar-refractivity contribution in [2.75, 3.05) is 0 Å². The average molecular weight is 469 g/mol. The highest BCUT2D eigenvalue weighted by atomic mass is 16.4. The van der Waals surface area contributed by atoms with Gasteiger partial charge in [-0.15, -0.1) is 0 Å². The van der Waals surface area contributed by atoms with E-state index in [1.54, 1.807) is 13.8 Å². The average Bonchev–Trinajstić information content (AvgIpc) is 3.22. The molecular formula is C19H31N7O7. The first-order valence-electron chi connectivity index (χ1n) is 10.2. The zero-order valence-electron chi connectivity index (χ0n) is 18.6. The van der Waals surface area contributed by atoms with Crippen molar-refractivity contribution in [1.82, 2.24) is 25.9 Å². The summed E-state index contributed by atoms with van der Waals surface area (Å²) in [4.78, 5) is 67.2. The zero-order chi connectivity index (χ0) is 25.3. The van der Waals surface area contributed by atoms with E-state index in [2.05, 4.69) is 25.9 Å². The number of carbonyl (C=O) groups is 5. The summed E-state index contributed by atoms with van der Waals surface area (Å²) in [5.74, 6) is -5.15. The van der Waals surface area contributed by atoms with Crippen LogP contribution in [0.15, 0.2) is 12.5 Å². The van der Waals surface area contributed by atoms with E-state index >= 15 is 0 Å². The minimum atomic E-state index is -1.64. The third kappa shape index (κ3) is 8.86. The van der Waals surface area contributed by atoms with Crippen molar-refractivity contribution in [1.29, 1.82) is 0 Å². The SMILES string of the molecule is CC(C)C(N)C(=O)NC(CC(N)=O)C(=O)NC(Cc1cnc[nH]1)C(=O)NC(C(=O)O)C(C)O. The lowest BCUT2D eigenvalue weighted by Gasteiger charge is -2.25. The summed E-state index contributed by atoms with van der Waals surface area (Å²) in [5, 5.41) is 25.7. The molecule has 1 heterocycles. The zero-order valence-corrected chi connectivity index (χ0v) is 18.6. The number of nitrogens with zero attached hydrogens (tertiary/aromatic N) is 1. The Labute approximate surface area is 189 Å². The van der Waals surface area contributed by atoms with E-state index in [0.29, 0.717) is 5.69 Å². The Kier molecular flexibility index (Phi) is 10.4. The molecule has 0 radical (unpaired) electrons. The lowest BCUT2D eigenvalue weighted by Crippen LogP contribution is -2.59. The number of carbonyl (C=O) groups excluding carboxylic acids is 4. The first-order chi connectivity index (χ1) is 15.3. The van der Waals surface area contributed by atoms with Gasteiger partial charge in [-0.05, 0) is 12.8 Å².